The molecule has 26 heavy (non-hydrogen) atoms. The fourth-order valence-corrected chi connectivity index (χ4v) is 4.44. The second-order valence-electron chi connectivity index (χ2n) is 7.94. The summed E-state index contributed by atoms with van der Waals surface area (Å²) in [6.45, 7) is 6.40. The van der Waals surface area contributed by atoms with E-state index in [1.807, 2.05) is 13.0 Å². The Kier molecular flexibility index (Phi) is 4.22. The first-order chi connectivity index (χ1) is 12.4. The van der Waals surface area contributed by atoms with Gasteiger partial charge in [-0.3, -0.25) is 4.79 Å². The topological polar surface area (TPSA) is 56.5 Å². The highest BCUT2D eigenvalue weighted by atomic mass is 16.5. The molecule has 0 radical (unpaired) electrons. The molecule has 1 saturated carbocycles. The average Bonchev–Trinajstić information content (AvgIpc) is 3.21. The molecule has 4 rings (SSSR count). The van der Waals surface area contributed by atoms with Crippen LogP contribution in [0.5, 0.6) is 0 Å². The van der Waals surface area contributed by atoms with E-state index in [1.54, 1.807) is 0 Å². The Balaban J connectivity index is 1.61. The van der Waals surface area contributed by atoms with Crippen LogP contribution in [0, 0.1) is 24.7 Å². The minimum Gasteiger partial charge on any atom is -0.461 e. The van der Waals surface area contributed by atoms with E-state index < -0.39 is 5.63 Å². The summed E-state index contributed by atoms with van der Waals surface area (Å²) in [4.78, 5) is 24.4. The SMILES string of the molecule is Cc1cc2oc(=O)cc(COC(=O)C3CC4C=CC3C4)c2cc1C(C)C. The van der Waals surface area contributed by atoms with Crippen LogP contribution in [-0.2, 0) is 16.1 Å². The predicted molar refractivity (Wildman–Crippen MR) is 100.0 cm³/mol. The standard InChI is InChI=1S/C22H24O4/c1-12(2)17-10-18-16(9-21(23)26-20(18)6-13(17)3)11-25-22(24)19-8-14-4-5-15(19)7-14/h4-6,9-10,12,14-15,19H,7-8,11H2,1-3H3. The first-order valence-corrected chi connectivity index (χ1v) is 9.34. The Morgan fingerprint density at radius 3 is 2.69 bits per heavy atom. The Labute approximate surface area is 152 Å². The molecule has 3 atom stereocenters. The molecular weight excluding hydrogens is 328 g/mol. The van der Waals surface area contributed by atoms with Crippen LogP contribution in [0.15, 0.2) is 39.6 Å². The zero-order chi connectivity index (χ0) is 18.4. The maximum atomic E-state index is 12.5. The van der Waals surface area contributed by atoms with E-state index in [0.29, 0.717) is 28.9 Å². The lowest BCUT2D eigenvalue weighted by Crippen LogP contribution is -2.21. The van der Waals surface area contributed by atoms with Gasteiger partial charge in [-0.1, -0.05) is 26.0 Å². The largest absolute Gasteiger partial charge is 0.461 e. The molecule has 4 heteroatoms. The molecule has 1 fully saturated rings. The number of allylic oxidation sites excluding steroid dienone is 2. The van der Waals surface area contributed by atoms with Crippen LogP contribution in [0.3, 0.4) is 0 Å². The molecule has 136 valence electrons. The van der Waals surface area contributed by atoms with Crippen LogP contribution in [0.25, 0.3) is 11.0 Å². The molecule has 1 heterocycles. The van der Waals surface area contributed by atoms with E-state index >= 15 is 0 Å². The van der Waals surface area contributed by atoms with Gasteiger partial charge in [0.25, 0.3) is 0 Å². The molecule has 0 aliphatic heterocycles. The maximum absolute atomic E-state index is 12.5. The second kappa shape index (κ2) is 6.42. The van der Waals surface area contributed by atoms with Crippen molar-refractivity contribution in [2.45, 2.75) is 46.1 Å². The number of fused-ring (bicyclic) bond motifs is 3. The highest BCUT2D eigenvalue weighted by molar-refractivity contribution is 5.82. The first kappa shape index (κ1) is 17.1. The number of hydrogen-bond acceptors (Lipinski definition) is 4. The zero-order valence-corrected chi connectivity index (χ0v) is 15.5. The van der Waals surface area contributed by atoms with Crippen LogP contribution < -0.4 is 5.63 Å². The van der Waals surface area contributed by atoms with Gasteiger partial charge in [0.2, 0.25) is 0 Å². The molecule has 0 amide bonds. The number of hydrogen-bond donors (Lipinski definition) is 0. The zero-order valence-electron chi connectivity index (χ0n) is 15.5. The summed E-state index contributed by atoms with van der Waals surface area (Å²) in [6.07, 6.45) is 6.30. The molecule has 2 aliphatic rings. The molecule has 2 bridgehead atoms. The second-order valence-corrected chi connectivity index (χ2v) is 7.94. The van der Waals surface area contributed by atoms with E-state index in [1.165, 1.54) is 11.6 Å². The number of ether oxygens (including phenoxy) is 1. The summed E-state index contributed by atoms with van der Waals surface area (Å²) in [5.74, 6) is 1.02. The van der Waals surface area contributed by atoms with Crippen molar-refractivity contribution in [3.63, 3.8) is 0 Å². The van der Waals surface area contributed by atoms with Crippen LogP contribution in [0.2, 0.25) is 0 Å². The molecular formula is C22H24O4. The van der Waals surface area contributed by atoms with Crippen molar-refractivity contribution in [3.8, 4) is 0 Å². The lowest BCUT2D eigenvalue weighted by Gasteiger charge is -2.17. The van der Waals surface area contributed by atoms with Crippen LogP contribution in [0.4, 0.5) is 0 Å². The third-order valence-corrected chi connectivity index (χ3v) is 5.79. The number of carbonyl (C=O) groups is 1. The first-order valence-electron chi connectivity index (χ1n) is 9.34. The monoisotopic (exact) mass is 352 g/mol. The van der Waals surface area contributed by atoms with Crippen LogP contribution in [0.1, 0.15) is 49.3 Å². The van der Waals surface area contributed by atoms with Crippen molar-refractivity contribution in [2.75, 3.05) is 0 Å². The summed E-state index contributed by atoms with van der Waals surface area (Å²) in [5.41, 5.74) is 3.15. The quantitative estimate of drug-likeness (QED) is 0.462. The number of rotatable bonds is 4. The van der Waals surface area contributed by atoms with Crippen molar-refractivity contribution in [1.82, 2.24) is 0 Å². The van der Waals surface area contributed by atoms with Crippen molar-refractivity contribution >= 4 is 16.9 Å². The summed E-state index contributed by atoms with van der Waals surface area (Å²) in [6, 6.07) is 5.40. The lowest BCUT2D eigenvalue weighted by atomic mass is 9.94. The van der Waals surface area contributed by atoms with E-state index in [4.69, 9.17) is 9.15 Å². The van der Waals surface area contributed by atoms with Crippen LogP contribution in [-0.4, -0.2) is 5.97 Å². The molecule has 2 aliphatic carbocycles. The van der Waals surface area contributed by atoms with Gasteiger partial charge < -0.3 is 9.15 Å². The smallest absolute Gasteiger partial charge is 0.336 e. The molecule has 3 unspecified atom stereocenters. The summed E-state index contributed by atoms with van der Waals surface area (Å²) in [7, 11) is 0. The molecule has 2 aromatic rings. The normalized spacial score (nSPS) is 23.9. The van der Waals surface area contributed by atoms with E-state index in [0.717, 1.165) is 23.8 Å². The van der Waals surface area contributed by atoms with Crippen LogP contribution >= 0.6 is 0 Å². The number of benzene rings is 1. The van der Waals surface area contributed by atoms with Gasteiger partial charge in [-0.2, -0.15) is 0 Å². The van der Waals surface area contributed by atoms with Crippen molar-refractivity contribution in [2.24, 2.45) is 17.8 Å². The van der Waals surface area contributed by atoms with E-state index in [-0.39, 0.29) is 18.5 Å². The molecule has 0 N–H and O–H groups in total. The molecule has 0 spiro atoms. The Bertz CT molecular complexity index is 951. The molecule has 1 aromatic heterocycles. The lowest BCUT2D eigenvalue weighted by molar-refractivity contribution is -0.150. The van der Waals surface area contributed by atoms with Gasteiger partial charge in [0, 0.05) is 17.0 Å². The van der Waals surface area contributed by atoms with Gasteiger partial charge >= 0.3 is 11.6 Å². The Hall–Kier alpha value is -2.36. The van der Waals surface area contributed by atoms with Crippen molar-refractivity contribution in [1.29, 1.82) is 0 Å². The number of carbonyl (C=O) groups excluding carboxylic acids is 1. The van der Waals surface area contributed by atoms with Gasteiger partial charge in [-0.15, -0.1) is 0 Å². The third-order valence-electron chi connectivity index (χ3n) is 5.79. The van der Waals surface area contributed by atoms with Gasteiger partial charge in [0.05, 0.1) is 5.92 Å². The van der Waals surface area contributed by atoms with Gasteiger partial charge in [0.15, 0.2) is 0 Å². The maximum Gasteiger partial charge on any atom is 0.336 e. The predicted octanol–water partition coefficient (Wildman–Crippen LogP) is 4.48. The molecule has 0 saturated heterocycles. The molecule has 4 nitrogen and oxygen atoms in total. The van der Waals surface area contributed by atoms with Crippen molar-refractivity contribution < 1.29 is 13.9 Å². The highest BCUT2D eigenvalue weighted by Gasteiger charge is 2.40. The van der Waals surface area contributed by atoms with Gasteiger partial charge in [-0.05, 0) is 60.8 Å². The third kappa shape index (κ3) is 2.98. The minimum absolute atomic E-state index is 0.0372. The number of esters is 1. The van der Waals surface area contributed by atoms with Gasteiger partial charge in [-0.25, -0.2) is 4.79 Å². The van der Waals surface area contributed by atoms with E-state index in [9.17, 15) is 9.59 Å². The van der Waals surface area contributed by atoms with E-state index in [2.05, 4.69) is 32.1 Å². The minimum atomic E-state index is -0.414. The average molecular weight is 352 g/mol. The highest BCUT2D eigenvalue weighted by Crippen LogP contribution is 2.44. The van der Waals surface area contributed by atoms with Gasteiger partial charge in [0.1, 0.15) is 12.2 Å². The summed E-state index contributed by atoms with van der Waals surface area (Å²) >= 11 is 0. The fraction of sp³-hybridized carbons (Fsp3) is 0.455. The number of aryl methyl sites for hydroxylation is 1. The summed E-state index contributed by atoms with van der Waals surface area (Å²) in [5, 5.41) is 0.847. The van der Waals surface area contributed by atoms with Crippen molar-refractivity contribution in [3.05, 3.63) is 57.5 Å². The Morgan fingerprint density at radius 1 is 1.23 bits per heavy atom. The Morgan fingerprint density at radius 2 is 2.04 bits per heavy atom. The fourth-order valence-electron chi connectivity index (χ4n) is 4.44. The molecule has 1 aromatic carbocycles. The summed E-state index contributed by atoms with van der Waals surface area (Å²) < 4.78 is 11.0.